The largest absolute Gasteiger partial charge is 0.424 e. The summed E-state index contributed by atoms with van der Waals surface area (Å²) in [6.07, 6.45) is 4.87. The molecule has 0 aliphatic rings. The van der Waals surface area contributed by atoms with E-state index in [1.165, 1.54) is 6.33 Å². The van der Waals surface area contributed by atoms with Crippen molar-refractivity contribution in [3.05, 3.63) is 24.5 Å². The number of Topliss-reactive ketones (excluding diaryl/α,β-unsaturated/α-hetero) is 1. The molecule has 0 radical (unpaired) electrons. The highest BCUT2D eigenvalue weighted by Crippen LogP contribution is 2.32. The Morgan fingerprint density at radius 3 is 2.31 bits per heavy atom. The van der Waals surface area contributed by atoms with Gasteiger partial charge in [-0.1, -0.05) is 6.42 Å². The second kappa shape index (κ2) is 16.7. The lowest BCUT2D eigenvalue weighted by Gasteiger charge is -2.07. The lowest BCUT2D eigenvalue weighted by Crippen LogP contribution is -2.14. The van der Waals surface area contributed by atoms with Crippen molar-refractivity contribution in [2.45, 2.75) is 38.6 Å². The third-order valence-electron chi connectivity index (χ3n) is 6.47. The molecule has 42 heavy (non-hydrogen) atoms. The number of unbranched alkanes of at least 4 members (excludes halogenated alkanes) is 2. The van der Waals surface area contributed by atoms with Gasteiger partial charge in [0.25, 0.3) is 6.01 Å². The number of oxazole rings is 1. The van der Waals surface area contributed by atoms with E-state index in [0.717, 1.165) is 24.8 Å². The van der Waals surface area contributed by atoms with Crippen molar-refractivity contribution in [3.8, 4) is 11.3 Å². The van der Waals surface area contributed by atoms with Crippen molar-refractivity contribution in [1.29, 1.82) is 0 Å². The highest BCUT2D eigenvalue weighted by atomic mass is 16.6. The third-order valence-corrected chi connectivity index (χ3v) is 6.47. The second-order valence-corrected chi connectivity index (χ2v) is 9.60. The average molecular weight is 585 g/mol. The number of carbonyl (C=O) groups is 1. The van der Waals surface area contributed by atoms with Gasteiger partial charge >= 0.3 is 0 Å². The minimum absolute atomic E-state index is 0.107. The molecule has 0 aliphatic heterocycles. The average Bonchev–Trinajstić information content (AvgIpc) is 3.55. The molecule has 14 nitrogen and oxygen atoms in total. The van der Waals surface area contributed by atoms with Crippen LogP contribution in [-0.2, 0) is 30.3 Å². The van der Waals surface area contributed by atoms with Crippen molar-refractivity contribution < 1.29 is 28.2 Å². The molecule has 1 aromatic carbocycles. The van der Waals surface area contributed by atoms with E-state index in [4.69, 9.17) is 45.7 Å². The number of nitrogen functional groups attached to an aromatic ring is 2. The van der Waals surface area contributed by atoms with Crippen LogP contribution in [0.4, 0.5) is 11.8 Å². The van der Waals surface area contributed by atoms with Gasteiger partial charge in [0.2, 0.25) is 0 Å². The van der Waals surface area contributed by atoms with Gasteiger partial charge in [0.15, 0.2) is 11.2 Å². The van der Waals surface area contributed by atoms with Crippen LogP contribution in [-0.4, -0.2) is 89.9 Å². The maximum Gasteiger partial charge on any atom is 0.292 e. The summed E-state index contributed by atoms with van der Waals surface area (Å²) < 4.78 is 28.8. The summed E-state index contributed by atoms with van der Waals surface area (Å²) in [4.78, 5) is 25.0. The minimum atomic E-state index is 0.107. The van der Waals surface area contributed by atoms with Crippen molar-refractivity contribution in [2.24, 2.45) is 5.73 Å². The molecule has 6 N–H and O–H groups in total. The molecule has 0 saturated carbocycles. The fourth-order valence-corrected chi connectivity index (χ4v) is 4.40. The zero-order valence-corrected chi connectivity index (χ0v) is 23.8. The number of aromatic nitrogens is 5. The number of hydrogen-bond acceptors (Lipinski definition) is 13. The standard InChI is InChI=1S/C28H40N8O6/c29-8-11-39-13-15-41-17-16-40-14-12-38-10-7-21(37)4-2-1-3-9-36-27-24(26(30)32-19-33-27)25(35-36)20-5-6-23-22(18-20)34-28(31)42-23/h5-6,18-19H,1-4,7-17,29H2,(H2,31,34)(H2,30,32,33). The molecule has 0 atom stereocenters. The van der Waals surface area contributed by atoms with E-state index < -0.39 is 0 Å². The van der Waals surface area contributed by atoms with Crippen LogP contribution in [0.5, 0.6) is 0 Å². The first-order valence-corrected chi connectivity index (χ1v) is 14.2. The Kier molecular flexibility index (Phi) is 12.4. The quantitative estimate of drug-likeness (QED) is 0.121. The van der Waals surface area contributed by atoms with Gasteiger partial charge < -0.3 is 40.6 Å². The molecule has 3 heterocycles. The number of ketones is 1. The summed E-state index contributed by atoms with van der Waals surface area (Å²) in [6, 6.07) is 5.65. The fourth-order valence-electron chi connectivity index (χ4n) is 4.40. The van der Waals surface area contributed by atoms with E-state index >= 15 is 0 Å². The summed E-state index contributed by atoms with van der Waals surface area (Å²) in [5.74, 6) is 0.548. The molecule has 0 bridgehead atoms. The fraction of sp³-hybridized carbons (Fsp3) is 0.536. The molecule has 4 aromatic rings. The first-order valence-electron chi connectivity index (χ1n) is 14.2. The molecule has 0 unspecified atom stereocenters. The number of aryl methyl sites for hydroxylation is 1. The van der Waals surface area contributed by atoms with Gasteiger partial charge in [0.05, 0.1) is 58.2 Å². The van der Waals surface area contributed by atoms with Crippen LogP contribution in [0, 0.1) is 0 Å². The summed E-state index contributed by atoms with van der Waals surface area (Å²) in [5, 5.41) is 5.49. The van der Waals surface area contributed by atoms with Gasteiger partial charge in [-0.2, -0.15) is 10.1 Å². The zero-order chi connectivity index (χ0) is 29.6. The molecular formula is C28H40N8O6. The van der Waals surface area contributed by atoms with Crippen LogP contribution in [0.3, 0.4) is 0 Å². The number of rotatable bonds is 21. The number of nitrogens with two attached hydrogens (primary N) is 3. The van der Waals surface area contributed by atoms with Crippen LogP contribution in [0.1, 0.15) is 32.1 Å². The molecule has 228 valence electrons. The van der Waals surface area contributed by atoms with Gasteiger partial charge in [-0.3, -0.25) is 4.79 Å². The Morgan fingerprint density at radius 1 is 0.857 bits per heavy atom. The topological polar surface area (TPSA) is 202 Å². The Morgan fingerprint density at radius 2 is 1.57 bits per heavy atom. The van der Waals surface area contributed by atoms with Crippen LogP contribution in [0.25, 0.3) is 33.4 Å². The number of nitrogens with zero attached hydrogens (tertiary/aromatic N) is 5. The van der Waals surface area contributed by atoms with Crippen LogP contribution in [0.15, 0.2) is 28.9 Å². The van der Waals surface area contributed by atoms with E-state index in [1.54, 1.807) is 6.07 Å². The molecule has 3 aromatic heterocycles. The van der Waals surface area contributed by atoms with Crippen molar-refractivity contribution >= 4 is 39.7 Å². The number of hydrogen-bond donors (Lipinski definition) is 3. The van der Waals surface area contributed by atoms with Crippen LogP contribution in [0.2, 0.25) is 0 Å². The Bertz CT molecular complexity index is 1410. The van der Waals surface area contributed by atoms with Gasteiger partial charge in [-0.05, 0) is 31.0 Å². The first-order chi connectivity index (χ1) is 20.6. The molecule has 4 rings (SSSR count). The highest BCUT2D eigenvalue weighted by Gasteiger charge is 2.18. The molecule has 14 heteroatoms. The summed E-state index contributed by atoms with van der Waals surface area (Å²) in [6.45, 7) is 5.03. The van der Waals surface area contributed by atoms with Crippen LogP contribution >= 0.6 is 0 Å². The number of fused-ring (bicyclic) bond motifs is 2. The van der Waals surface area contributed by atoms with Crippen molar-refractivity contribution in [2.75, 3.05) is 70.9 Å². The van der Waals surface area contributed by atoms with Crippen LogP contribution < -0.4 is 17.2 Å². The van der Waals surface area contributed by atoms with Crippen molar-refractivity contribution in [3.63, 3.8) is 0 Å². The maximum atomic E-state index is 12.2. The predicted molar refractivity (Wildman–Crippen MR) is 158 cm³/mol. The SMILES string of the molecule is NCCOCCOCCOCCOCCC(=O)CCCCCn1nc(-c2ccc3oc(N)nc3c2)c2c(N)ncnc21. The number of ether oxygens (including phenoxy) is 4. The Hall–Kier alpha value is -3.69. The lowest BCUT2D eigenvalue weighted by atomic mass is 10.1. The molecular weight excluding hydrogens is 544 g/mol. The zero-order valence-electron chi connectivity index (χ0n) is 23.8. The van der Waals surface area contributed by atoms with Crippen molar-refractivity contribution in [1.82, 2.24) is 24.7 Å². The molecule has 0 amide bonds. The van der Waals surface area contributed by atoms with E-state index in [1.807, 2.05) is 16.8 Å². The highest BCUT2D eigenvalue weighted by molar-refractivity contribution is 5.99. The van der Waals surface area contributed by atoms with Gasteiger partial charge in [0, 0.05) is 31.5 Å². The van der Waals surface area contributed by atoms with E-state index in [2.05, 4.69) is 15.0 Å². The second-order valence-electron chi connectivity index (χ2n) is 9.60. The number of carbonyl (C=O) groups excluding carboxylic acids is 1. The monoisotopic (exact) mass is 584 g/mol. The molecule has 0 aliphatic carbocycles. The smallest absolute Gasteiger partial charge is 0.292 e. The van der Waals surface area contributed by atoms with Gasteiger partial charge in [0.1, 0.15) is 29.1 Å². The number of benzene rings is 1. The summed E-state index contributed by atoms with van der Waals surface area (Å²) >= 11 is 0. The first kappa shape index (κ1) is 31.3. The Labute approximate surface area is 243 Å². The van der Waals surface area contributed by atoms with E-state index in [-0.39, 0.29) is 11.8 Å². The molecule has 0 fully saturated rings. The minimum Gasteiger partial charge on any atom is -0.424 e. The third kappa shape index (κ3) is 9.16. The lowest BCUT2D eigenvalue weighted by molar-refractivity contribution is -0.120. The summed E-state index contributed by atoms with van der Waals surface area (Å²) in [5.41, 5.74) is 20.6. The Balaban J connectivity index is 1.11. The predicted octanol–water partition coefficient (Wildman–Crippen LogP) is 2.34. The van der Waals surface area contributed by atoms with E-state index in [0.29, 0.717) is 112 Å². The number of anilines is 2. The molecule has 0 saturated heterocycles. The summed E-state index contributed by atoms with van der Waals surface area (Å²) in [7, 11) is 0. The van der Waals surface area contributed by atoms with E-state index in [9.17, 15) is 4.79 Å². The maximum absolute atomic E-state index is 12.2. The van der Waals surface area contributed by atoms with Gasteiger partial charge in [-0.25, -0.2) is 14.6 Å². The van der Waals surface area contributed by atoms with Gasteiger partial charge in [-0.15, -0.1) is 0 Å². The molecule has 0 spiro atoms. The normalized spacial score (nSPS) is 11.6.